The molecule has 0 unspecified atom stereocenters. The van der Waals surface area contributed by atoms with E-state index in [-0.39, 0.29) is 10.4 Å². The summed E-state index contributed by atoms with van der Waals surface area (Å²) in [6.07, 6.45) is 0.539. The maximum atomic E-state index is 12.8. The minimum absolute atomic E-state index is 0.143. The molecule has 9 nitrogen and oxygen atoms in total. The van der Waals surface area contributed by atoms with E-state index in [0.29, 0.717) is 33.6 Å². The number of esters is 1. The number of rotatable bonds is 5. The molecule has 3 N–H and O–H groups in total. The molecule has 1 atom stereocenters. The summed E-state index contributed by atoms with van der Waals surface area (Å²) >= 11 is 1.10. The molecule has 2 amide bonds. The number of nitrogens with zero attached hydrogens (tertiary/aromatic N) is 2. The van der Waals surface area contributed by atoms with Crippen molar-refractivity contribution in [3.63, 3.8) is 0 Å². The van der Waals surface area contributed by atoms with Crippen LogP contribution >= 0.6 is 11.3 Å². The Morgan fingerprint density at radius 2 is 1.97 bits per heavy atom. The van der Waals surface area contributed by atoms with Crippen molar-refractivity contribution in [2.45, 2.75) is 39.3 Å². The Morgan fingerprint density at radius 3 is 2.65 bits per heavy atom. The van der Waals surface area contributed by atoms with Crippen LogP contribution in [0.5, 0.6) is 0 Å². The molecule has 0 fully saturated rings. The second-order valence-corrected chi connectivity index (χ2v) is 8.30. The van der Waals surface area contributed by atoms with Gasteiger partial charge in [0.15, 0.2) is 6.10 Å². The Labute approximate surface area is 180 Å². The molecular weight excluding hydrogens is 420 g/mol. The number of aryl methyl sites for hydroxylation is 2. The molecule has 31 heavy (non-hydrogen) atoms. The molecule has 0 radical (unpaired) electrons. The van der Waals surface area contributed by atoms with Gasteiger partial charge in [-0.3, -0.25) is 19.0 Å². The van der Waals surface area contributed by atoms with Crippen LogP contribution in [0.2, 0.25) is 0 Å². The highest BCUT2D eigenvalue weighted by Gasteiger charge is 2.26. The van der Waals surface area contributed by atoms with Crippen molar-refractivity contribution in [1.82, 2.24) is 9.55 Å². The van der Waals surface area contributed by atoms with E-state index in [1.807, 2.05) is 0 Å². The van der Waals surface area contributed by atoms with Crippen LogP contribution in [-0.2, 0) is 22.5 Å². The molecule has 4 rings (SSSR count). The molecule has 0 spiro atoms. The van der Waals surface area contributed by atoms with Gasteiger partial charge in [-0.1, -0.05) is 0 Å². The smallest absolute Gasteiger partial charge is 0.349 e. The van der Waals surface area contributed by atoms with E-state index in [2.05, 4.69) is 10.3 Å². The summed E-state index contributed by atoms with van der Waals surface area (Å²) in [6, 6.07) is 6.03. The van der Waals surface area contributed by atoms with E-state index < -0.39 is 23.9 Å². The molecule has 3 heterocycles. The second kappa shape index (κ2) is 7.95. The number of carbonyl (C=O) groups excluding carboxylic acids is 3. The second-order valence-electron chi connectivity index (χ2n) is 7.30. The van der Waals surface area contributed by atoms with Gasteiger partial charge in [-0.2, -0.15) is 0 Å². The van der Waals surface area contributed by atoms with Crippen LogP contribution in [0, 0.1) is 6.92 Å². The van der Waals surface area contributed by atoms with Gasteiger partial charge in [0.25, 0.3) is 11.5 Å². The Balaban J connectivity index is 1.50. The summed E-state index contributed by atoms with van der Waals surface area (Å²) < 4.78 is 6.98. The molecule has 0 aliphatic carbocycles. The van der Waals surface area contributed by atoms with E-state index in [9.17, 15) is 19.2 Å². The quantitative estimate of drug-likeness (QED) is 0.583. The number of amides is 2. The SMILES string of the molecule is Cc1c(C(=O)O[C@@H](C)C(=O)Nc2ccc(C(N)=O)cc2)sc2nc3n(c(=O)c12)CCC3. The van der Waals surface area contributed by atoms with E-state index in [4.69, 9.17) is 10.5 Å². The average molecular weight is 440 g/mol. The lowest BCUT2D eigenvalue weighted by Gasteiger charge is -2.13. The number of anilines is 1. The summed E-state index contributed by atoms with van der Waals surface area (Å²) in [6.45, 7) is 3.77. The van der Waals surface area contributed by atoms with Gasteiger partial charge in [-0.15, -0.1) is 11.3 Å². The van der Waals surface area contributed by atoms with Gasteiger partial charge >= 0.3 is 5.97 Å². The third-order valence-corrected chi connectivity index (χ3v) is 6.35. The first kappa shape index (κ1) is 20.7. The van der Waals surface area contributed by atoms with Crippen molar-refractivity contribution in [3.05, 3.63) is 56.4 Å². The number of benzene rings is 1. The summed E-state index contributed by atoms with van der Waals surface area (Å²) in [4.78, 5) is 54.3. The number of hydrogen-bond acceptors (Lipinski definition) is 7. The summed E-state index contributed by atoms with van der Waals surface area (Å²) in [5.74, 6) is -1.06. The molecule has 1 aromatic carbocycles. The zero-order valence-electron chi connectivity index (χ0n) is 16.9. The molecule has 0 saturated heterocycles. The van der Waals surface area contributed by atoms with Crippen molar-refractivity contribution in [1.29, 1.82) is 0 Å². The van der Waals surface area contributed by atoms with Crippen molar-refractivity contribution >= 4 is 45.0 Å². The van der Waals surface area contributed by atoms with Crippen LogP contribution in [0.1, 0.15) is 44.8 Å². The minimum atomic E-state index is -1.08. The van der Waals surface area contributed by atoms with Gasteiger partial charge in [0.1, 0.15) is 15.5 Å². The first-order valence-electron chi connectivity index (χ1n) is 9.70. The van der Waals surface area contributed by atoms with Crippen LogP contribution in [0.25, 0.3) is 10.2 Å². The van der Waals surface area contributed by atoms with Crippen LogP contribution in [-0.4, -0.2) is 33.4 Å². The Morgan fingerprint density at radius 1 is 1.26 bits per heavy atom. The van der Waals surface area contributed by atoms with Crippen LogP contribution in [0.3, 0.4) is 0 Å². The maximum Gasteiger partial charge on any atom is 0.349 e. The lowest BCUT2D eigenvalue weighted by atomic mass is 10.2. The molecule has 1 aliphatic heterocycles. The number of thiophene rings is 1. The maximum absolute atomic E-state index is 12.8. The van der Waals surface area contributed by atoms with E-state index >= 15 is 0 Å². The molecule has 10 heteroatoms. The molecule has 2 aromatic heterocycles. The summed E-state index contributed by atoms with van der Waals surface area (Å²) in [7, 11) is 0. The van der Waals surface area contributed by atoms with Crippen molar-refractivity contribution in [3.8, 4) is 0 Å². The van der Waals surface area contributed by atoms with Crippen LogP contribution < -0.4 is 16.6 Å². The number of carbonyl (C=O) groups is 3. The normalized spacial score (nSPS) is 13.6. The lowest BCUT2D eigenvalue weighted by Crippen LogP contribution is -2.30. The van der Waals surface area contributed by atoms with E-state index in [1.165, 1.54) is 31.2 Å². The molecule has 160 valence electrons. The van der Waals surface area contributed by atoms with E-state index in [0.717, 1.165) is 30.0 Å². The first-order valence-corrected chi connectivity index (χ1v) is 10.5. The third kappa shape index (κ3) is 3.81. The van der Waals surface area contributed by atoms with Gasteiger partial charge in [0.05, 0.1) is 5.39 Å². The topological polar surface area (TPSA) is 133 Å². The predicted molar refractivity (Wildman–Crippen MR) is 115 cm³/mol. The largest absolute Gasteiger partial charge is 0.448 e. The number of ether oxygens (including phenoxy) is 1. The van der Waals surface area contributed by atoms with Gasteiger partial charge in [-0.05, 0) is 50.1 Å². The highest BCUT2D eigenvalue weighted by atomic mass is 32.1. The number of primary amides is 1. The average Bonchev–Trinajstić information content (AvgIpc) is 3.33. The standard InChI is InChI=1S/C21H20N4O5S/c1-10-15-19(24-14-4-3-9-25(14)20(15)28)31-16(10)21(29)30-11(2)18(27)23-13-7-5-12(6-8-13)17(22)26/h5-8,11H,3-4,9H2,1-2H3,(H2,22,26)(H,23,27)/t11-/m0/s1. The highest BCUT2D eigenvalue weighted by molar-refractivity contribution is 7.20. The van der Waals surface area contributed by atoms with Crippen LogP contribution in [0.15, 0.2) is 29.1 Å². The zero-order valence-corrected chi connectivity index (χ0v) is 17.7. The first-order chi connectivity index (χ1) is 14.8. The monoisotopic (exact) mass is 440 g/mol. The van der Waals surface area contributed by atoms with Crippen molar-refractivity contribution in [2.75, 3.05) is 5.32 Å². The van der Waals surface area contributed by atoms with Crippen molar-refractivity contribution in [2.24, 2.45) is 5.73 Å². The fourth-order valence-electron chi connectivity index (χ4n) is 3.50. The van der Waals surface area contributed by atoms with E-state index in [1.54, 1.807) is 11.5 Å². The Hall–Kier alpha value is -3.53. The molecule has 3 aromatic rings. The summed E-state index contributed by atoms with van der Waals surface area (Å²) in [5, 5.41) is 3.04. The van der Waals surface area contributed by atoms with Gasteiger partial charge in [0, 0.05) is 24.2 Å². The number of aromatic nitrogens is 2. The fraction of sp³-hybridized carbons (Fsp3) is 0.286. The highest BCUT2D eigenvalue weighted by Crippen LogP contribution is 2.29. The Kier molecular flexibility index (Phi) is 5.32. The zero-order chi connectivity index (χ0) is 22.3. The van der Waals surface area contributed by atoms with Gasteiger partial charge < -0.3 is 15.8 Å². The lowest BCUT2D eigenvalue weighted by molar-refractivity contribution is -0.123. The van der Waals surface area contributed by atoms with Gasteiger partial charge in [-0.25, -0.2) is 9.78 Å². The molecule has 0 bridgehead atoms. The van der Waals surface area contributed by atoms with Crippen LogP contribution in [0.4, 0.5) is 5.69 Å². The molecular formula is C21H20N4O5S. The number of nitrogens with two attached hydrogens (primary N) is 1. The van der Waals surface area contributed by atoms with Gasteiger partial charge in [0.2, 0.25) is 5.91 Å². The molecule has 1 aliphatic rings. The minimum Gasteiger partial charge on any atom is -0.448 e. The van der Waals surface area contributed by atoms with Crippen molar-refractivity contribution < 1.29 is 19.1 Å². The third-order valence-electron chi connectivity index (χ3n) is 5.19. The number of hydrogen-bond donors (Lipinski definition) is 2. The Bertz CT molecular complexity index is 1280. The number of nitrogens with one attached hydrogen (secondary N) is 1. The number of fused-ring (bicyclic) bond motifs is 2. The fourth-order valence-corrected chi connectivity index (χ4v) is 4.57. The molecule has 0 saturated carbocycles. The summed E-state index contributed by atoms with van der Waals surface area (Å²) in [5.41, 5.74) is 6.31. The predicted octanol–water partition coefficient (Wildman–Crippen LogP) is 2.00.